The number of allylic oxidation sites excluding steroid dienone is 2. The van der Waals surface area contributed by atoms with Crippen molar-refractivity contribution >= 4 is 5.97 Å². The Morgan fingerprint density at radius 2 is 2.27 bits per heavy atom. The second kappa shape index (κ2) is 5.19. The van der Waals surface area contributed by atoms with Gasteiger partial charge in [-0.15, -0.1) is 0 Å². The highest BCUT2D eigenvalue weighted by Crippen LogP contribution is 2.25. The van der Waals surface area contributed by atoms with Crippen LogP contribution in [0.15, 0.2) is 11.8 Å². The number of hydrogen-bond donors (Lipinski definition) is 1. The molecule has 3 nitrogen and oxygen atoms in total. The van der Waals surface area contributed by atoms with Crippen LogP contribution in [-0.4, -0.2) is 17.2 Å². The van der Waals surface area contributed by atoms with Crippen molar-refractivity contribution in [3.63, 3.8) is 0 Å². The summed E-state index contributed by atoms with van der Waals surface area (Å²) in [6, 6.07) is 0. The van der Waals surface area contributed by atoms with Crippen molar-refractivity contribution < 1.29 is 14.6 Å². The van der Waals surface area contributed by atoms with Crippen LogP contribution < -0.4 is 0 Å². The Labute approximate surface area is 91.1 Å². The lowest BCUT2D eigenvalue weighted by Gasteiger charge is -2.24. The molecule has 1 rings (SSSR count). The number of rotatable bonds is 4. The van der Waals surface area contributed by atoms with Gasteiger partial charge >= 0.3 is 5.97 Å². The highest BCUT2D eigenvalue weighted by atomic mass is 16.5. The molecule has 0 aliphatic heterocycles. The molecule has 0 heterocycles. The molecule has 1 N–H and O–H groups in total. The van der Waals surface area contributed by atoms with E-state index < -0.39 is 12.1 Å². The van der Waals surface area contributed by atoms with Gasteiger partial charge in [0.05, 0.1) is 5.76 Å². The summed E-state index contributed by atoms with van der Waals surface area (Å²) in [5, 5.41) is 8.97. The Bertz CT molecular complexity index is 256. The first kappa shape index (κ1) is 12.1. The summed E-state index contributed by atoms with van der Waals surface area (Å²) in [4.78, 5) is 10.9. The largest absolute Gasteiger partial charge is 0.483 e. The molecule has 0 aromatic carbocycles. The summed E-state index contributed by atoms with van der Waals surface area (Å²) in [6.07, 6.45) is 4.30. The van der Waals surface area contributed by atoms with Crippen molar-refractivity contribution in [2.75, 3.05) is 0 Å². The molecule has 0 saturated heterocycles. The fraction of sp³-hybridized carbons (Fsp3) is 0.750. The summed E-state index contributed by atoms with van der Waals surface area (Å²) in [5.41, 5.74) is 0. The molecule has 3 heteroatoms. The van der Waals surface area contributed by atoms with Crippen molar-refractivity contribution in [2.45, 2.75) is 46.1 Å². The smallest absolute Gasteiger partial charge is 0.345 e. The first-order chi connectivity index (χ1) is 7.00. The highest BCUT2D eigenvalue weighted by molar-refractivity contribution is 5.72. The van der Waals surface area contributed by atoms with E-state index in [1.807, 2.05) is 19.9 Å². The average Bonchev–Trinajstić information content (AvgIpc) is 2.15. The third kappa shape index (κ3) is 3.57. The number of carbonyl (C=O) groups is 1. The maximum Gasteiger partial charge on any atom is 0.345 e. The lowest BCUT2D eigenvalue weighted by molar-refractivity contribution is -0.150. The van der Waals surface area contributed by atoms with Crippen LogP contribution in [0.5, 0.6) is 0 Å². The van der Waals surface area contributed by atoms with Gasteiger partial charge in [-0.05, 0) is 24.8 Å². The predicted molar refractivity (Wildman–Crippen MR) is 58.4 cm³/mol. The molecule has 0 radical (unpaired) electrons. The van der Waals surface area contributed by atoms with Crippen LogP contribution in [0.2, 0.25) is 0 Å². The van der Waals surface area contributed by atoms with E-state index in [0.29, 0.717) is 5.92 Å². The molecule has 0 spiro atoms. The van der Waals surface area contributed by atoms with Gasteiger partial charge in [-0.2, -0.15) is 0 Å². The first-order valence-corrected chi connectivity index (χ1v) is 5.59. The fourth-order valence-corrected chi connectivity index (χ4v) is 1.68. The molecule has 2 unspecified atom stereocenters. The third-order valence-electron chi connectivity index (χ3n) is 2.76. The Balaban J connectivity index is 2.55. The van der Waals surface area contributed by atoms with Crippen LogP contribution in [0, 0.1) is 11.8 Å². The van der Waals surface area contributed by atoms with E-state index in [-0.39, 0.29) is 5.92 Å². The third-order valence-corrected chi connectivity index (χ3v) is 2.76. The van der Waals surface area contributed by atoms with Gasteiger partial charge in [-0.3, -0.25) is 0 Å². The Morgan fingerprint density at radius 1 is 1.60 bits per heavy atom. The maximum atomic E-state index is 10.9. The number of hydrogen-bond acceptors (Lipinski definition) is 2. The van der Waals surface area contributed by atoms with Gasteiger partial charge < -0.3 is 9.84 Å². The highest BCUT2D eigenvalue weighted by Gasteiger charge is 2.25. The van der Waals surface area contributed by atoms with Crippen molar-refractivity contribution in [3.8, 4) is 0 Å². The molecule has 0 aromatic rings. The predicted octanol–water partition coefficient (Wildman–Crippen LogP) is 2.82. The lowest BCUT2D eigenvalue weighted by Crippen LogP contribution is -2.29. The van der Waals surface area contributed by atoms with Gasteiger partial charge in [-0.1, -0.05) is 20.8 Å². The maximum absolute atomic E-state index is 10.9. The van der Waals surface area contributed by atoms with E-state index in [9.17, 15) is 4.79 Å². The quantitative estimate of drug-likeness (QED) is 0.779. The topological polar surface area (TPSA) is 46.5 Å². The Morgan fingerprint density at radius 3 is 2.67 bits per heavy atom. The summed E-state index contributed by atoms with van der Waals surface area (Å²) >= 11 is 0. The Hall–Kier alpha value is -0.990. The second-order valence-corrected chi connectivity index (χ2v) is 4.67. The second-order valence-electron chi connectivity index (χ2n) is 4.67. The Kier molecular flexibility index (Phi) is 4.18. The zero-order valence-electron chi connectivity index (χ0n) is 9.69. The van der Waals surface area contributed by atoms with Crippen LogP contribution in [0.3, 0.4) is 0 Å². The van der Waals surface area contributed by atoms with Crippen molar-refractivity contribution in [3.05, 3.63) is 11.8 Å². The molecule has 0 fully saturated rings. The molecule has 0 saturated carbocycles. The van der Waals surface area contributed by atoms with Crippen LogP contribution >= 0.6 is 0 Å². The monoisotopic (exact) mass is 212 g/mol. The molecule has 0 amide bonds. The molecule has 0 bridgehead atoms. The van der Waals surface area contributed by atoms with E-state index in [1.54, 1.807) is 0 Å². The number of ether oxygens (including phenoxy) is 1. The molecule has 86 valence electrons. The van der Waals surface area contributed by atoms with Crippen LogP contribution in [0.1, 0.15) is 40.0 Å². The van der Waals surface area contributed by atoms with Gasteiger partial charge in [-0.25, -0.2) is 4.79 Å². The van der Waals surface area contributed by atoms with E-state index in [2.05, 4.69) is 6.92 Å². The van der Waals surface area contributed by atoms with Gasteiger partial charge in [0.1, 0.15) is 0 Å². The summed E-state index contributed by atoms with van der Waals surface area (Å²) < 4.78 is 5.52. The minimum absolute atomic E-state index is 0.00255. The van der Waals surface area contributed by atoms with Crippen molar-refractivity contribution in [1.29, 1.82) is 0 Å². The van der Waals surface area contributed by atoms with E-state index in [1.165, 1.54) is 0 Å². The van der Waals surface area contributed by atoms with Gasteiger partial charge in [0, 0.05) is 12.3 Å². The van der Waals surface area contributed by atoms with Gasteiger partial charge in [0.25, 0.3) is 0 Å². The zero-order chi connectivity index (χ0) is 11.4. The molecule has 15 heavy (non-hydrogen) atoms. The minimum Gasteiger partial charge on any atom is -0.483 e. The fourth-order valence-electron chi connectivity index (χ4n) is 1.68. The number of aliphatic carboxylic acids is 1. The van der Waals surface area contributed by atoms with Crippen LogP contribution in [-0.2, 0) is 9.53 Å². The van der Waals surface area contributed by atoms with Gasteiger partial charge in [0.2, 0.25) is 0 Å². The summed E-state index contributed by atoms with van der Waals surface area (Å²) in [7, 11) is 0. The van der Waals surface area contributed by atoms with Crippen molar-refractivity contribution in [2.24, 2.45) is 11.8 Å². The van der Waals surface area contributed by atoms with E-state index in [0.717, 1.165) is 25.0 Å². The molecule has 0 aromatic heterocycles. The first-order valence-electron chi connectivity index (χ1n) is 5.59. The zero-order valence-corrected chi connectivity index (χ0v) is 9.69. The molecule has 1 aliphatic rings. The minimum atomic E-state index is -0.871. The molecular formula is C12H20O3. The van der Waals surface area contributed by atoms with Crippen LogP contribution in [0.25, 0.3) is 0 Å². The number of carboxylic acid groups (broad SMARTS) is 1. The standard InChI is InChI=1S/C12H20O3/c1-8(2)11(12(13)14)15-10-6-4-9(3)5-7-10/h6,8-9,11H,4-5,7H2,1-3H3,(H,13,14). The molecule has 2 atom stereocenters. The summed E-state index contributed by atoms with van der Waals surface area (Å²) in [6.45, 7) is 5.93. The normalized spacial score (nSPS) is 23.5. The van der Waals surface area contributed by atoms with Crippen molar-refractivity contribution in [1.82, 2.24) is 0 Å². The summed E-state index contributed by atoms with van der Waals surface area (Å²) in [5.74, 6) is 0.682. The SMILES string of the molecule is CC1CC=C(OC(C(=O)O)C(C)C)CC1. The van der Waals surface area contributed by atoms with Crippen LogP contribution in [0.4, 0.5) is 0 Å². The van der Waals surface area contributed by atoms with Gasteiger partial charge in [0.15, 0.2) is 6.10 Å². The molecule has 1 aliphatic carbocycles. The average molecular weight is 212 g/mol. The number of carboxylic acids is 1. The van der Waals surface area contributed by atoms with E-state index >= 15 is 0 Å². The van der Waals surface area contributed by atoms with E-state index in [4.69, 9.17) is 9.84 Å². The molecular weight excluding hydrogens is 192 g/mol. The lowest BCUT2D eigenvalue weighted by atomic mass is 9.95.